The highest BCUT2D eigenvalue weighted by Gasteiger charge is 2.26. The van der Waals surface area contributed by atoms with Crippen molar-refractivity contribution < 1.29 is 14.7 Å². The lowest BCUT2D eigenvalue weighted by Gasteiger charge is -2.15. The number of carbonyl (C=O) groups is 2. The zero-order chi connectivity index (χ0) is 15.5. The molecular weight excluding hydrogens is 266 g/mol. The van der Waals surface area contributed by atoms with Crippen LogP contribution in [0.1, 0.15) is 84.0 Å². The third-order valence-corrected chi connectivity index (χ3v) is 4.24. The molecule has 1 fully saturated rings. The molecule has 0 radical (unpaired) electrons. The predicted octanol–water partition coefficient (Wildman–Crippen LogP) is 3.12. The quantitative estimate of drug-likeness (QED) is 0.455. The Hall–Kier alpha value is -0.900. The third kappa shape index (κ3) is 8.20. The molecule has 0 spiro atoms. The first-order valence-electron chi connectivity index (χ1n) is 8.62. The maximum atomic E-state index is 11.7. The van der Waals surface area contributed by atoms with Gasteiger partial charge in [-0.3, -0.25) is 9.59 Å². The van der Waals surface area contributed by atoms with E-state index in [1.165, 1.54) is 32.1 Å². The van der Waals surface area contributed by atoms with Crippen LogP contribution in [0.5, 0.6) is 0 Å². The van der Waals surface area contributed by atoms with Gasteiger partial charge in [-0.05, 0) is 25.7 Å². The molecule has 4 nitrogen and oxygen atoms in total. The summed E-state index contributed by atoms with van der Waals surface area (Å²) in [6, 6.07) is -0.149. The number of hydrogen-bond acceptors (Lipinski definition) is 3. The van der Waals surface area contributed by atoms with Gasteiger partial charge in [0, 0.05) is 6.42 Å². The Morgan fingerprint density at radius 3 is 2.33 bits per heavy atom. The van der Waals surface area contributed by atoms with Crippen LogP contribution in [-0.2, 0) is 9.59 Å². The lowest BCUT2D eigenvalue weighted by Crippen LogP contribution is -2.40. The molecule has 122 valence electrons. The fourth-order valence-corrected chi connectivity index (χ4v) is 2.91. The Labute approximate surface area is 128 Å². The van der Waals surface area contributed by atoms with Crippen molar-refractivity contribution in [1.29, 1.82) is 0 Å². The van der Waals surface area contributed by atoms with Crippen LogP contribution in [0, 0.1) is 0 Å². The average Bonchev–Trinajstić information content (AvgIpc) is 2.83. The Bertz CT molecular complexity index is 317. The van der Waals surface area contributed by atoms with Crippen molar-refractivity contribution in [2.24, 2.45) is 0 Å². The van der Waals surface area contributed by atoms with Gasteiger partial charge in [-0.1, -0.05) is 45.4 Å². The summed E-state index contributed by atoms with van der Waals surface area (Å²) in [5.74, 6) is -0.206. The summed E-state index contributed by atoms with van der Waals surface area (Å²) in [7, 11) is 0. The van der Waals surface area contributed by atoms with Gasteiger partial charge in [0.2, 0.25) is 5.91 Å². The van der Waals surface area contributed by atoms with Gasteiger partial charge < -0.3 is 10.4 Å². The molecule has 1 rings (SSSR count). The number of carbonyl (C=O) groups excluding carboxylic acids is 2. The van der Waals surface area contributed by atoms with Crippen LogP contribution in [0.4, 0.5) is 0 Å². The van der Waals surface area contributed by atoms with Gasteiger partial charge in [-0.25, -0.2) is 0 Å². The van der Waals surface area contributed by atoms with Crippen LogP contribution in [0.2, 0.25) is 0 Å². The van der Waals surface area contributed by atoms with Crippen LogP contribution in [0.15, 0.2) is 0 Å². The molecule has 0 aromatic rings. The highest BCUT2D eigenvalue weighted by molar-refractivity contribution is 5.98. The molecule has 1 aliphatic rings. The summed E-state index contributed by atoms with van der Waals surface area (Å²) in [6.07, 6.45) is 10.8. The second-order valence-corrected chi connectivity index (χ2v) is 6.26. The van der Waals surface area contributed by atoms with Gasteiger partial charge >= 0.3 is 0 Å². The number of hydrogen-bond donors (Lipinski definition) is 2. The van der Waals surface area contributed by atoms with Gasteiger partial charge in [-0.15, -0.1) is 0 Å². The Balaban J connectivity index is 2.01. The largest absolute Gasteiger partial charge is 0.391 e. The second kappa shape index (κ2) is 10.8. The van der Waals surface area contributed by atoms with E-state index in [-0.39, 0.29) is 24.2 Å². The van der Waals surface area contributed by atoms with Gasteiger partial charge in [0.15, 0.2) is 0 Å². The van der Waals surface area contributed by atoms with E-state index in [1.807, 2.05) is 0 Å². The fraction of sp³-hybridized carbons (Fsp3) is 0.882. The molecule has 0 aliphatic heterocycles. The topological polar surface area (TPSA) is 66.4 Å². The van der Waals surface area contributed by atoms with Crippen molar-refractivity contribution >= 4 is 11.7 Å². The standard InChI is InChI=1S/C17H31NO3/c1-2-3-4-5-6-7-8-10-14(19)13-17(21)18-15-11-9-12-16(15)20/h15-16,20H,2-13H2,1H3,(H,18,21)/t15-,16-/m1/s1. The van der Waals surface area contributed by atoms with E-state index in [9.17, 15) is 14.7 Å². The van der Waals surface area contributed by atoms with E-state index in [4.69, 9.17) is 0 Å². The Morgan fingerprint density at radius 1 is 1.05 bits per heavy atom. The van der Waals surface area contributed by atoms with E-state index in [0.717, 1.165) is 32.1 Å². The molecule has 2 atom stereocenters. The Kier molecular flexibility index (Phi) is 9.31. The summed E-state index contributed by atoms with van der Waals surface area (Å²) in [5, 5.41) is 12.4. The van der Waals surface area contributed by atoms with Crippen LogP contribution < -0.4 is 5.32 Å². The molecule has 0 aromatic carbocycles. The molecule has 21 heavy (non-hydrogen) atoms. The zero-order valence-corrected chi connectivity index (χ0v) is 13.4. The van der Waals surface area contributed by atoms with Crippen molar-refractivity contribution in [3.63, 3.8) is 0 Å². The monoisotopic (exact) mass is 297 g/mol. The first kappa shape index (κ1) is 18.1. The molecule has 0 saturated heterocycles. The maximum Gasteiger partial charge on any atom is 0.227 e. The minimum Gasteiger partial charge on any atom is -0.391 e. The molecule has 1 aliphatic carbocycles. The molecule has 0 bridgehead atoms. The predicted molar refractivity (Wildman–Crippen MR) is 84.0 cm³/mol. The van der Waals surface area contributed by atoms with E-state index in [1.54, 1.807) is 0 Å². The first-order chi connectivity index (χ1) is 10.1. The normalized spacial score (nSPS) is 21.4. The molecule has 2 N–H and O–H groups in total. The molecule has 1 amide bonds. The number of Topliss-reactive ketones (excluding diaryl/α,β-unsaturated/α-hetero) is 1. The molecule has 1 saturated carbocycles. The number of ketones is 1. The van der Waals surface area contributed by atoms with Crippen molar-refractivity contribution in [2.75, 3.05) is 0 Å². The SMILES string of the molecule is CCCCCCCCCC(=O)CC(=O)N[C@@H]1CCC[C@H]1O. The number of amides is 1. The highest BCUT2D eigenvalue weighted by atomic mass is 16.3. The van der Waals surface area contributed by atoms with E-state index in [0.29, 0.717) is 6.42 Å². The number of aliphatic hydroxyl groups excluding tert-OH is 1. The smallest absolute Gasteiger partial charge is 0.227 e. The third-order valence-electron chi connectivity index (χ3n) is 4.24. The summed E-state index contributed by atoms with van der Waals surface area (Å²) in [4.78, 5) is 23.4. The summed E-state index contributed by atoms with van der Waals surface area (Å²) in [6.45, 7) is 2.20. The molecule has 0 heterocycles. The molecule has 0 unspecified atom stereocenters. The van der Waals surface area contributed by atoms with Crippen molar-refractivity contribution in [2.45, 2.75) is 96.1 Å². The van der Waals surface area contributed by atoms with Gasteiger partial charge in [0.05, 0.1) is 18.6 Å². The molecular formula is C17H31NO3. The highest BCUT2D eigenvalue weighted by Crippen LogP contribution is 2.18. The number of aliphatic hydroxyl groups is 1. The van der Waals surface area contributed by atoms with Gasteiger partial charge in [0.1, 0.15) is 5.78 Å². The summed E-state index contributed by atoms with van der Waals surface area (Å²) in [5.41, 5.74) is 0. The Morgan fingerprint density at radius 2 is 1.71 bits per heavy atom. The van der Waals surface area contributed by atoms with E-state index in [2.05, 4.69) is 12.2 Å². The van der Waals surface area contributed by atoms with Gasteiger partial charge in [0.25, 0.3) is 0 Å². The average molecular weight is 297 g/mol. The number of rotatable bonds is 11. The van der Waals surface area contributed by atoms with Crippen molar-refractivity contribution in [3.05, 3.63) is 0 Å². The minimum atomic E-state index is -0.438. The lowest BCUT2D eigenvalue weighted by molar-refractivity contribution is -0.129. The van der Waals surface area contributed by atoms with E-state index < -0.39 is 6.10 Å². The van der Waals surface area contributed by atoms with E-state index >= 15 is 0 Å². The van der Waals surface area contributed by atoms with Crippen molar-refractivity contribution in [3.8, 4) is 0 Å². The van der Waals surface area contributed by atoms with Gasteiger partial charge in [-0.2, -0.15) is 0 Å². The maximum absolute atomic E-state index is 11.7. The fourth-order valence-electron chi connectivity index (χ4n) is 2.91. The molecule has 0 aromatic heterocycles. The minimum absolute atomic E-state index is 0.0218. The summed E-state index contributed by atoms with van der Waals surface area (Å²) >= 11 is 0. The number of unbranched alkanes of at least 4 members (excludes halogenated alkanes) is 6. The van der Waals surface area contributed by atoms with Crippen LogP contribution in [0.3, 0.4) is 0 Å². The number of nitrogens with one attached hydrogen (secondary N) is 1. The first-order valence-corrected chi connectivity index (χ1v) is 8.62. The summed E-state index contributed by atoms with van der Waals surface area (Å²) < 4.78 is 0. The lowest BCUT2D eigenvalue weighted by atomic mass is 10.1. The zero-order valence-electron chi connectivity index (χ0n) is 13.4. The van der Waals surface area contributed by atoms with Crippen LogP contribution in [-0.4, -0.2) is 28.9 Å². The van der Waals surface area contributed by atoms with Crippen LogP contribution in [0.25, 0.3) is 0 Å². The van der Waals surface area contributed by atoms with Crippen LogP contribution >= 0.6 is 0 Å². The van der Waals surface area contributed by atoms with Crippen molar-refractivity contribution in [1.82, 2.24) is 5.32 Å². The molecule has 4 heteroatoms. The second-order valence-electron chi connectivity index (χ2n) is 6.26.